The molecule has 0 radical (unpaired) electrons. The van der Waals surface area contributed by atoms with Crippen LogP contribution in [-0.2, 0) is 9.53 Å². The molecular weight excluding hydrogens is 346 g/mol. The standard InChI is InChI=1S/C20H15N3O4/c1-13-18(23-19(27-13)15-5-3-2-4-6-15)20(25)26-12-17(24)22-16-9-7-14(11-21)8-10-16/h2-10H,12H2,1H3,(H,22,24). The molecule has 0 atom stereocenters. The maximum Gasteiger partial charge on any atom is 0.361 e. The Kier molecular flexibility index (Phi) is 5.28. The monoisotopic (exact) mass is 361 g/mol. The van der Waals surface area contributed by atoms with Crippen molar-refractivity contribution in [3.8, 4) is 17.5 Å². The van der Waals surface area contributed by atoms with Gasteiger partial charge in [-0.1, -0.05) is 18.2 Å². The van der Waals surface area contributed by atoms with Gasteiger partial charge in [0.15, 0.2) is 12.3 Å². The van der Waals surface area contributed by atoms with Gasteiger partial charge in [-0.3, -0.25) is 4.79 Å². The van der Waals surface area contributed by atoms with Crippen LogP contribution in [0.4, 0.5) is 5.69 Å². The highest BCUT2D eigenvalue weighted by Crippen LogP contribution is 2.21. The van der Waals surface area contributed by atoms with Gasteiger partial charge in [0.2, 0.25) is 5.89 Å². The summed E-state index contributed by atoms with van der Waals surface area (Å²) >= 11 is 0. The largest absolute Gasteiger partial charge is 0.451 e. The van der Waals surface area contributed by atoms with Crippen LogP contribution in [0.5, 0.6) is 0 Å². The number of esters is 1. The Hall–Kier alpha value is -3.92. The first-order valence-electron chi connectivity index (χ1n) is 8.07. The van der Waals surface area contributed by atoms with Crippen molar-refractivity contribution in [3.63, 3.8) is 0 Å². The van der Waals surface area contributed by atoms with Gasteiger partial charge in [0, 0.05) is 11.3 Å². The molecule has 134 valence electrons. The molecule has 7 nitrogen and oxygen atoms in total. The predicted molar refractivity (Wildman–Crippen MR) is 96.7 cm³/mol. The zero-order valence-electron chi connectivity index (χ0n) is 14.4. The summed E-state index contributed by atoms with van der Waals surface area (Å²) in [4.78, 5) is 28.3. The quantitative estimate of drug-likeness (QED) is 0.699. The highest BCUT2D eigenvalue weighted by molar-refractivity contribution is 5.95. The number of carbonyl (C=O) groups is 2. The Balaban J connectivity index is 1.59. The number of benzene rings is 2. The van der Waals surface area contributed by atoms with Gasteiger partial charge in [-0.15, -0.1) is 0 Å². The number of nitrogens with one attached hydrogen (secondary N) is 1. The number of anilines is 1. The zero-order chi connectivity index (χ0) is 19.2. The van der Waals surface area contributed by atoms with Crippen molar-refractivity contribution < 1.29 is 18.7 Å². The third kappa shape index (κ3) is 4.38. The third-order valence-electron chi connectivity index (χ3n) is 3.64. The van der Waals surface area contributed by atoms with Gasteiger partial charge >= 0.3 is 5.97 Å². The highest BCUT2D eigenvalue weighted by atomic mass is 16.5. The molecule has 1 heterocycles. The molecule has 7 heteroatoms. The van der Waals surface area contributed by atoms with E-state index in [0.29, 0.717) is 22.9 Å². The van der Waals surface area contributed by atoms with Gasteiger partial charge in [-0.2, -0.15) is 5.26 Å². The summed E-state index contributed by atoms with van der Waals surface area (Å²) in [6, 6.07) is 17.5. The molecule has 0 fully saturated rings. The number of amides is 1. The van der Waals surface area contributed by atoms with Crippen molar-refractivity contribution in [3.05, 3.63) is 71.6 Å². The molecule has 0 saturated heterocycles. The Bertz CT molecular complexity index is 1000. The SMILES string of the molecule is Cc1oc(-c2ccccc2)nc1C(=O)OCC(=O)Nc1ccc(C#N)cc1. The Morgan fingerprint density at radius 2 is 1.85 bits per heavy atom. The van der Waals surface area contributed by atoms with Gasteiger partial charge < -0.3 is 14.5 Å². The molecule has 0 aliphatic carbocycles. The number of rotatable bonds is 5. The number of aryl methyl sites for hydroxylation is 1. The fourth-order valence-electron chi connectivity index (χ4n) is 2.31. The lowest BCUT2D eigenvalue weighted by atomic mass is 10.2. The summed E-state index contributed by atoms with van der Waals surface area (Å²) < 4.78 is 10.5. The van der Waals surface area contributed by atoms with E-state index < -0.39 is 18.5 Å². The molecule has 0 saturated carbocycles. The maximum absolute atomic E-state index is 12.2. The van der Waals surface area contributed by atoms with Crippen LogP contribution >= 0.6 is 0 Å². The van der Waals surface area contributed by atoms with E-state index in [1.807, 2.05) is 36.4 Å². The van der Waals surface area contributed by atoms with Crippen LogP contribution in [0.1, 0.15) is 21.8 Å². The van der Waals surface area contributed by atoms with E-state index in [9.17, 15) is 9.59 Å². The summed E-state index contributed by atoms with van der Waals surface area (Å²) in [6.45, 7) is 1.14. The molecule has 2 aromatic carbocycles. The van der Waals surface area contributed by atoms with Crippen LogP contribution in [0.15, 0.2) is 59.0 Å². The smallest absolute Gasteiger partial charge is 0.361 e. The van der Waals surface area contributed by atoms with Crippen LogP contribution in [0, 0.1) is 18.3 Å². The molecule has 1 N–H and O–H groups in total. The second-order valence-electron chi connectivity index (χ2n) is 5.60. The van der Waals surface area contributed by atoms with Gasteiger partial charge in [-0.25, -0.2) is 9.78 Å². The number of ether oxygens (including phenoxy) is 1. The fourth-order valence-corrected chi connectivity index (χ4v) is 2.31. The zero-order valence-corrected chi connectivity index (χ0v) is 14.4. The molecular formula is C20H15N3O4. The number of nitrogens with zero attached hydrogens (tertiary/aromatic N) is 2. The van der Waals surface area contributed by atoms with Crippen molar-refractivity contribution >= 4 is 17.6 Å². The average molecular weight is 361 g/mol. The number of hydrogen-bond acceptors (Lipinski definition) is 6. The number of aromatic nitrogens is 1. The third-order valence-corrected chi connectivity index (χ3v) is 3.64. The molecule has 0 aliphatic heterocycles. The number of hydrogen-bond donors (Lipinski definition) is 1. The molecule has 0 spiro atoms. The second kappa shape index (κ2) is 7.97. The van der Waals surface area contributed by atoms with Crippen LogP contribution in [0.25, 0.3) is 11.5 Å². The molecule has 27 heavy (non-hydrogen) atoms. The minimum absolute atomic E-state index is 0.0278. The van der Waals surface area contributed by atoms with Gasteiger partial charge in [0.25, 0.3) is 5.91 Å². The first-order valence-corrected chi connectivity index (χ1v) is 8.07. The summed E-state index contributed by atoms with van der Waals surface area (Å²) in [5, 5.41) is 11.3. The van der Waals surface area contributed by atoms with E-state index in [4.69, 9.17) is 14.4 Å². The average Bonchev–Trinajstić information content (AvgIpc) is 3.09. The highest BCUT2D eigenvalue weighted by Gasteiger charge is 2.20. The van der Waals surface area contributed by atoms with E-state index in [2.05, 4.69) is 10.3 Å². The van der Waals surface area contributed by atoms with E-state index in [0.717, 1.165) is 5.56 Å². The van der Waals surface area contributed by atoms with E-state index in [1.54, 1.807) is 31.2 Å². The van der Waals surface area contributed by atoms with E-state index >= 15 is 0 Å². The van der Waals surface area contributed by atoms with Crippen LogP contribution in [-0.4, -0.2) is 23.5 Å². The van der Waals surface area contributed by atoms with Crippen LogP contribution < -0.4 is 5.32 Å². The molecule has 0 bridgehead atoms. The van der Waals surface area contributed by atoms with Crippen molar-refractivity contribution in [2.45, 2.75) is 6.92 Å². The minimum atomic E-state index is -0.742. The topological polar surface area (TPSA) is 105 Å². The lowest BCUT2D eigenvalue weighted by molar-refractivity contribution is -0.119. The molecule has 0 unspecified atom stereocenters. The fraction of sp³-hybridized carbons (Fsp3) is 0.100. The van der Waals surface area contributed by atoms with Gasteiger partial charge in [-0.05, 0) is 43.3 Å². The number of oxazole rings is 1. The molecule has 3 rings (SSSR count). The Morgan fingerprint density at radius 1 is 1.15 bits per heavy atom. The first kappa shape index (κ1) is 17.9. The summed E-state index contributed by atoms with van der Waals surface area (Å²) in [7, 11) is 0. The normalized spacial score (nSPS) is 10.1. The summed E-state index contributed by atoms with van der Waals surface area (Å²) in [6.07, 6.45) is 0. The van der Waals surface area contributed by atoms with Crippen molar-refractivity contribution in [2.75, 3.05) is 11.9 Å². The van der Waals surface area contributed by atoms with Crippen LogP contribution in [0.3, 0.4) is 0 Å². The molecule has 3 aromatic rings. The lowest BCUT2D eigenvalue weighted by Crippen LogP contribution is -2.21. The maximum atomic E-state index is 12.2. The first-order chi connectivity index (χ1) is 13.1. The Labute approximate surface area is 155 Å². The minimum Gasteiger partial charge on any atom is -0.451 e. The number of nitriles is 1. The lowest BCUT2D eigenvalue weighted by Gasteiger charge is -2.05. The van der Waals surface area contributed by atoms with E-state index in [-0.39, 0.29) is 5.69 Å². The second-order valence-corrected chi connectivity index (χ2v) is 5.60. The molecule has 0 aliphatic rings. The predicted octanol–water partition coefficient (Wildman–Crippen LogP) is 3.32. The summed E-state index contributed by atoms with van der Waals surface area (Å²) in [5.74, 6) is -0.626. The van der Waals surface area contributed by atoms with Gasteiger partial charge in [0.05, 0.1) is 11.6 Å². The Morgan fingerprint density at radius 3 is 2.52 bits per heavy atom. The van der Waals surface area contributed by atoms with E-state index in [1.165, 1.54) is 0 Å². The van der Waals surface area contributed by atoms with Crippen molar-refractivity contribution in [1.29, 1.82) is 5.26 Å². The number of carbonyl (C=O) groups excluding carboxylic acids is 2. The molecule has 1 amide bonds. The van der Waals surface area contributed by atoms with Crippen molar-refractivity contribution in [2.24, 2.45) is 0 Å². The molecule has 1 aromatic heterocycles. The van der Waals surface area contributed by atoms with Crippen molar-refractivity contribution in [1.82, 2.24) is 4.98 Å². The summed E-state index contributed by atoms with van der Waals surface area (Å²) in [5.41, 5.74) is 1.74. The van der Waals surface area contributed by atoms with Crippen LogP contribution in [0.2, 0.25) is 0 Å². The van der Waals surface area contributed by atoms with Gasteiger partial charge in [0.1, 0.15) is 5.76 Å².